The van der Waals surface area contributed by atoms with Crippen LogP contribution in [0.1, 0.15) is 57.6 Å². The van der Waals surface area contributed by atoms with E-state index < -0.39 is 23.2 Å². The highest BCUT2D eigenvalue weighted by Gasteiger charge is 2.42. The van der Waals surface area contributed by atoms with Gasteiger partial charge in [0.1, 0.15) is 5.60 Å². The van der Waals surface area contributed by atoms with Gasteiger partial charge in [-0.05, 0) is 57.7 Å². The number of benzene rings is 1. The Kier molecular flexibility index (Phi) is 4.91. The normalized spacial score (nSPS) is 19.6. The van der Waals surface area contributed by atoms with Gasteiger partial charge in [0.05, 0.1) is 0 Å². The lowest BCUT2D eigenvalue weighted by Crippen LogP contribution is -2.43. The van der Waals surface area contributed by atoms with Gasteiger partial charge in [-0.3, -0.25) is 5.32 Å². The molecule has 0 aliphatic heterocycles. The van der Waals surface area contributed by atoms with Crippen LogP contribution >= 0.6 is 0 Å². The summed E-state index contributed by atoms with van der Waals surface area (Å²) in [6.07, 6.45) is -0.421. The number of amides is 1. The summed E-state index contributed by atoms with van der Waals surface area (Å²) in [4.78, 5) is 11.9. The molecule has 6 heteroatoms. The van der Waals surface area contributed by atoms with Crippen molar-refractivity contribution in [3.05, 3.63) is 29.3 Å². The molecule has 0 unspecified atom stereocenters. The van der Waals surface area contributed by atoms with E-state index in [9.17, 15) is 13.6 Å². The number of anilines is 1. The summed E-state index contributed by atoms with van der Waals surface area (Å²) in [5.41, 5.74) is 7.31. The summed E-state index contributed by atoms with van der Waals surface area (Å²) >= 11 is 0. The monoisotopic (exact) mass is 340 g/mol. The Hall–Kier alpha value is -1.69. The third kappa shape index (κ3) is 4.66. The lowest BCUT2D eigenvalue weighted by atomic mass is 9.75. The number of carbonyl (C=O) groups excluding carboxylic acids is 1. The van der Waals surface area contributed by atoms with Crippen molar-refractivity contribution in [2.75, 3.05) is 5.32 Å². The number of ether oxygens (including phenoxy) is 1. The molecule has 0 aromatic heterocycles. The minimum absolute atomic E-state index is 0.194. The van der Waals surface area contributed by atoms with Gasteiger partial charge in [-0.1, -0.05) is 12.1 Å². The number of halogens is 2. The Bertz CT molecular complexity index is 614. The Morgan fingerprint density at radius 3 is 2.29 bits per heavy atom. The van der Waals surface area contributed by atoms with Crippen LogP contribution in [0, 0.1) is 6.92 Å². The van der Waals surface area contributed by atoms with E-state index in [1.807, 2.05) is 13.0 Å². The van der Waals surface area contributed by atoms with Crippen LogP contribution in [0.15, 0.2) is 18.2 Å². The third-order valence-corrected chi connectivity index (χ3v) is 4.31. The van der Waals surface area contributed by atoms with Crippen LogP contribution in [0.3, 0.4) is 0 Å². The predicted octanol–water partition coefficient (Wildman–Crippen LogP) is 4.71. The second-order valence-electron chi connectivity index (χ2n) is 7.67. The van der Waals surface area contributed by atoms with Crippen molar-refractivity contribution >= 4 is 11.8 Å². The van der Waals surface area contributed by atoms with Crippen LogP contribution in [0.2, 0.25) is 0 Å². The van der Waals surface area contributed by atoms with E-state index >= 15 is 0 Å². The Morgan fingerprint density at radius 1 is 1.21 bits per heavy atom. The van der Waals surface area contributed by atoms with Gasteiger partial charge in [0, 0.05) is 24.1 Å². The summed E-state index contributed by atoms with van der Waals surface area (Å²) in [7, 11) is 0. The molecule has 0 bridgehead atoms. The first kappa shape index (κ1) is 18.6. The SMILES string of the molecule is Cc1cc(C2(N)CCC(F)(F)CC2)ccc1NC(=O)OC(C)(C)C. The molecule has 134 valence electrons. The standard InChI is InChI=1S/C18H26F2N2O2/c1-12-11-13(17(21)7-9-18(19,20)10-8-17)5-6-14(12)22-15(23)24-16(2,3)4/h5-6,11H,7-10,21H2,1-4H3,(H,22,23). The predicted molar refractivity (Wildman–Crippen MR) is 90.3 cm³/mol. The van der Waals surface area contributed by atoms with Gasteiger partial charge in [-0.15, -0.1) is 0 Å². The van der Waals surface area contributed by atoms with Gasteiger partial charge in [0.25, 0.3) is 0 Å². The molecule has 1 aromatic rings. The van der Waals surface area contributed by atoms with Crippen molar-refractivity contribution in [2.45, 2.75) is 70.4 Å². The Balaban J connectivity index is 2.11. The first-order valence-corrected chi connectivity index (χ1v) is 8.18. The van der Waals surface area contributed by atoms with E-state index in [4.69, 9.17) is 10.5 Å². The zero-order valence-corrected chi connectivity index (χ0v) is 14.7. The first-order chi connectivity index (χ1) is 10.9. The fourth-order valence-corrected chi connectivity index (χ4v) is 2.88. The van der Waals surface area contributed by atoms with E-state index in [-0.39, 0.29) is 25.7 Å². The summed E-state index contributed by atoms with van der Waals surface area (Å²) in [6.45, 7) is 7.22. The number of nitrogens with one attached hydrogen (secondary N) is 1. The topological polar surface area (TPSA) is 64.3 Å². The van der Waals surface area contributed by atoms with Gasteiger partial charge in [-0.2, -0.15) is 0 Å². The molecule has 1 aliphatic carbocycles. The van der Waals surface area contributed by atoms with Crippen molar-refractivity contribution in [2.24, 2.45) is 5.73 Å². The summed E-state index contributed by atoms with van der Waals surface area (Å²) in [5, 5.41) is 2.70. The molecule has 24 heavy (non-hydrogen) atoms. The van der Waals surface area contributed by atoms with E-state index in [2.05, 4.69) is 5.32 Å². The molecule has 1 fully saturated rings. The van der Waals surface area contributed by atoms with E-state index in [1.165, 1.54) is 0 Å². The smallest absolute Gasteiger partial charge is 0.412 e. The number of hydrogen-bond acceptors (Lipinski definition) is 3. The number of aryl methyl sites for hydroxylation is 1. The van der Waals surface area contributed by atoms with Gasteiger partial charge in [-0.25, -0.2) is 13.6 Å². The molecule has 0 atom stereocenters. The maximum absolute atomic E-state index is 13.4. The lowest BCUT2D eigenvalue weighted by Gasteiger charge is -2.37. The van der Waals surface area contributed by atoms with Crippen molar-refractivity contribution in [1.29, 1.82) is 0 Å². The highest BCUT2D eigenvalue weighted by molar-refractivity contribution is 5.86. The molecule has 3 N–H and O–H groups in total. The summed E-state index contributed by atoms with van der Waals surface area (Å²) in [5.74, 6) is -2.61. The second kappa shape index (κ2) is 6.31. The first-order valence-electron chi connectivity index (χ1n) is 8.18. The maximum Gasteiger partial charge on any atom is 0.412 e. The highest BCUT2D eigenvalue weighted by Crippen LogP contribution is 2.42. The molecule has 1 saturated carbocycles. The molecule has 0 spiro atoms. The number of hydrogen-bond donors (Lipinski definition) is 2. The number of carbonyl (C=O) groups is 1. The number of alkyl halides is 2. The molecule has 0 saturated heterocycles. The van der Waals surface area contributed by atoms with Gasteiger partial charge in [0.2, 0.25) is 5.92 Å². The third-order valence-electron chi connectivity index (χ3n) is 4.31. The quantitative estimate of drug-likeness (QED) is 0.820. The van der Waals surface area contributed by atoms with Crippen molar-refractivity contribution in [1.82, 2.24) is 0 Å². The van der Waals surface area contributed by atoms with Crippen LogP contribution < -0.4 is 11.1 Å². The molecule has 2 rings (SSSR count). The molecule has 0 radical (unpaired) electrons. The zero-order chi connectivity index (χ0) is 18.2. The minimum atomic E-state index is -2.61. The molecular weight excluding hydrogens is 314 g/mol. The molecule has 1 aliphatic rings. The van der Waals surface area contributed by atoms with Crippen LogP contribution in [0.5, 0.6) is 0 Å². The zero-order valence-electron chi connectivity index (χ0n) is 14.7. The van der Waals surface area contributed by atoms with Crippen molar-refractivity contribution in [3.8, 4) is 0 Å². The molecule has 1 amide bonds. The van der Waals surface area contributed by atoms with Gasteiger partial charge < -0.3 is 10.5 Å². The van der Waals surface area contributed by atoms with Crippen LogP contribution in [-0.4, -0.2) is 17.6 Å². The molecule has 1 aromatic carbocycles. The highest BCUT2D eigenvalue weighted by atomic mass is 19.3. The van der Waals surface area contributed by atoms with E-state index in [0.29, 0.717) is 5.69 Å². The fourth-order valence-electron chi connectivity index (χ4n) is 2.88. The maximum atomic E-state index is 13.4. The molecular formula is C18H26F2N2O2. The average molecular weight is 340 g/mol. The van der Waals surface area contributed by atoms with Gasteiger partial charge >= 0.3 is 6.09 Å². The Labute approximate surface area is 141 Å². The Morgan fingerprint density at radius 2 is 1.79 bits per heavy atom. The number of rotatable bonds is 2. The summed E-state index contributed by atoms with van der Waals surface area (Å²) in [6, 6.07) is 5.40. The van der Waals surface area contributed by atoms with Crippen molar-refractivity contribution < 1.29 is 18.3 Å². The largest absolute Gasteiger partial charge is 0.444 e. The second-order valence-corrected chi connectivity index (χ2v) is 7.67. The van der Waals surface area contributed by atoms with Crippen LogP contribution in [0.25, 0.3) is 0 Å². The van der Waals surface area contributed by atoms with Gasteiger partial charge in [0.15, 0.2) is 0 Å². The lowest BCUT2D eigenvalue weighted by molar-refractivity contribution is -0.0514. The summed E-state index contributed by atoms with van der Waals surface area (Å²) < 4.78 is 32.0. The average Bonchev–Trinajstić information content (AvgIpc) is 2.43. The fraction of sp³-hybridized carbons (Fsp3) is 0.611. The molecule has 0 heterocycles. The van der Waals surface area contributed by atoms with E-state index in [1.54, 1.807) is 32.9 Å². The van der Waals surface area contributed by atoms with Crippen LogP contribution in [-0.2, 0) is 10.3 Å². The van der Waals surface area contributed by atoms with Crippen LogP contribution in [0.4, 0.5) is 19.3 Å². The minimum Gasteiger partial charge on any atom is -0.444 e. The van der Waals surface area contributed by atoms with Crippen molar-refractivity contribution in [3.63, 3.8) is 0 Å². The van der Waals surface area contributed by atoms with E-state index in [0.717, 1.165) is 11.1 Å². The number of nitrogens with two attached hydrogens (primary N) is 1. The molecule has 4 nitrogen and oxygen atoms in total.